The molecule has 0 saturated carbocycles. The zero-order chi connectivity index (χ0) is 16.2. The number of nitrogens with zero attached hydrogens (tertiary/aromatic N) is 3. The molecule has 2 rings (SSSR count). The molecule has 1 aromatic heterocycles. The maximum atomic E-state index is 11.8. The molecule has 6 nitrogen and oxygen atoms in total. The standard InChI is InChI=1S/C15H20N4O2S/c1-12-15(17-9-8-16-12)18-10-13-4-6-14(7-5-13)11-22(20,21)19(2)3/h4-9H,10-11H2,1-3H3,(H,17,18). The molecule has 0 aliphatic carbocycles. The Hall–Kier alpha value is -1.99. The number of benzene rings is 1. The second-order valence-corrected chi connectivity index (χ2v) is 7.38. The van der Waals surface area contributed by atoms with E-state index in [-0.39, 0.29) is 5.75 Å². The summed E-state index contributed by atoms with van der Waals surface area (Å²) in [5.41, 5.74) is 2.67. The lowest BCUT2D eigenvalue weighted by atomic mass is 10.1. The summed E-state index contributed by atoms with van der Waals surface area (Å²) in [6, 6.07) is 7.50. The molecule has 7 heteroatoms. The molecular formula is C15H20N4O2S. The molecule has 2 aromatic rings. The molecule has 0 bridgehead atoms. The maximum absolute atomic E-state index is 11.8. The van der Waals surface area contributed by atoms with Crippen molar-refractivity contribution in [2.24, 2.45) is 0 Å². The van der Waals surface area contributed by atoms with Gasteiger partial charge in [0, 0.05) is 33.0 Å². The molecule has 0 unspecified atom stereocenters. The fourth-order valence-corrected chi connectivity index (χ4v) is 2.73. The second-order valence-electron chi connectivity index (χ2n) is 5.20. The van der Waals surface area contributed by atoms with Crippen LogP contribution in [-0.2, 0) is 22.3 Å². The summed E-state index contributed by atoms with van der Waals surface area (Å²) in [4.78, 5) is 8.39. The van der Waals surface area contributed by atoms with Gasteiger partial charge in [-0.3, -0.25) is 4.98 Å². The molecule has 0 amide bonds. The number of aromatic nitrogens is 2. The van der Waals surface area contributed by atoms with E-state index in [0.717, 1.165) is 22.6 Å². The van der Waals surface area contributed by atoms with E-state index in [2.05, 4.69) is 15.3 Å². The highest BCUT2D eigenvalue weighted by molar-refractivity contribution is 7.88. The monoisotopic (exact) mass is 320 g/mol. The summed E-state index contributed by atoms with van der Waals surface area (Å²) < 4.78 is 24.9. The van der Waals surface area contributed by atoms with Crippen molar-refractivity contribution in [3.63, 3.8) is 0 Å². The topological polar surface area (TPSA) is 75.2 Å². The predicted molar refractivity (Wildman–Crippen MR) is 86.8 cm³/mol. The molecule has 1 aromatic carbocycles. The van der Waals surface area contributed by atoms with Gasteiger partial charge in [0.25, 0.3) is 0 Å². The highest BCUT2D eigenvalue weighted by Crippen LogP contribution is 2.12. The number of hydrogen-bond donors (Lipinski definition) is 1. The Morgan fingerprint density at radius 1 is 1.05 bits per heavy atom. The Morgan fingerprint density at radius 3 is 2.23 bits per heavy atom. The Labute approximate surface area is 131 Å². The van der Waals surface area contributed by atoms with Crippen molar-refractivity contribution in [1.82, 2.24) is 14.3 Å². The van der Waals surface area contributed by atoms with E-state index in [1.165, 1.54) is 18.4 Å². The summed E-state index contributed by atoms with van der Waals surface area (Å²) in [5, 5.41) is 3.22. The van der Waals surface area contributed by atoms with Crippen LogP contribution in [-0.4, -0.2) is 36.8 Å². The van der Waals surface area contributed by atoms with Gasteiger partial charge in [-0.25, -0.2) is 17.7 Å². The predicted octanol–water partition coefficient (Wildman–Crippen LogP) is 1.79. The third kappa shape index (κ3) is 4.25. The minimum absolute atomic E-state index is 0.0109. The van der Waals surface area contributed by atoms with Gasteiger partial charge < -0.3 is 5.32 Å². The lowest BCUT2D eigenvalue weighted by Crippen LogP contribution is -2.23. The molecule has 0 spiro atoms. The van der Waals surface area contributed by atoms with Crippen LogP contribution < -0.4 is 5.32 Å². The minimum atomic E-state index is -3.23. The quantitative estimate of drug-likeness (QED) is 0.878. The fourth-order valence-electron chi connectivity index (χ4n) is 1.86. The van der Waals surface area contributed by atoms with E-state index >= 15 is 0 Å². The first-order chi connectivity index (χ1) is 10.4. The van der Waals surface area contributed by atoms with Gasteiger partial charge in [0.05, 0.1) is 11.4 Å². The lowest BCUT2D eigenvalue weighted by molar-refractivity contribution is 0.519. The summed E-state index contributed by atoms with van der Waals surface area (Å²) in [6.45, 7) is 2.50. The van der Waals surface area contributed by atoms with Crippen LogP contribution >= 0.6 is 0 Å². The largest absolute Gasteiger partial charge is 0.364 e. The molecule has 0 radical (unpaired) electrons. The number of rotatable bonds is 6. The minimum Gasteiger partial charge on any atom is -0.364 e. The SMILES string of the molecule is Cc1nccnc1NCc1ccc(CS(=O)(=O)N(C)C)cc1. The smallest absolute Gasteiger partial charge is 0.217 e. The van der Waals surface area contributed by atoms with Crippen LogP contribution in [0.4, 0.5) is 5.82 Å². The Morgan fingerprint density at radius 2 is 1.64 bits per heavy atom. The van der Waals surface area contributed by atoms with E-state index in [9.17, 15) is 8.42 Å². The average Bonchev–Trinajstić information content (AvgIpc) is 2.47. The van der Waals surface area contributed by atoms with Gasteiger partial charge in [-0.2, -0.15) is 0 Å². The Kier molecular flexibility index (Phi) is 5.10. The molecule has 1 N–H and O–H groups in total. The van der Waals surface area contributed by atoms with Crippen LogP contribution in [0.15, 0.2) is 36.7 Å². The zero-order valence-corrected chi connectivity index (χ0v) is 13.8. The molecule has 0 atom stereocenters. The van der Waals surface area contributed by atoms with Crippen LogP contribution in [0, 0.1) is 6.92 Å². The van der Waals surface area contributed by atoms with Gasteiger partial charge in [-0.15, -0.1) is 0 Å². The zero-order valence-electron chi connectivity index (χ0n) is 12.9. The van der Waals surface area contributed by atoms with E-state index < -0.39 is 10.0 Å². The van der Waals surface area contributed by atoms with E-state index in [4.69, 9.17) is 0 Å². The van der Waals surface area contributed by atoms with Crippen molar-refractivity contribution in [2.75, 3.05) is 19.4 Å². The molecule has 22 heavy (non-hydrogen) atoms. The van der Waals surface area contributed by atoms with E-state index in [1.807, 2.05) is 31.2 Å². The Bertz CT molecular complexity index is 727. The van der Waals surface area contributed by atoms with Crippen LogP contribution in [0.2, 0.25) is 0 Å². The first-order valence-corrected chi connectivity index (χ1v) is 8.49. The molecule has 0 fully saturated rings. The van der Waals surface area contributed by atoms with Gasteiger partial charge >= 0.3 is 0 Å². The lowest BCUT2D eigenvalue weighted by Gasteiger charge is -2.12. The molecule has 0 aliphatic rings. The van der Waals surface area contributed by atoms with Gasteiger partial charge in [0.2, 0.25) is 10.0 Å². The number of hydrogen-bond acceptors (Lipinski definition) is 5. The Balaban J connectivity index is 1.99. The van der Waals surface area contributed by atoms with Gasteiger partial charge in [-0.1, -0.05) is 24.3 Å². The number of nitrogens with one attached hydrogen (secondary N) is 1. The number of anilines is 1. The summed E-state index contributed by atoms with van der Waals surface area (Å²) in [6.07, 6.45) is 3.30. The molecular weight excluding hydrogens is 300 g/mol. The molecule has 1 heterocycles. The van der Waals surface area contributed by atoms with Crippen LogP contribution in [0.25, 0.3) is 0 Å². The first-order valence-electron chi connectivity index (χ1n) is 6.88. The third-order valence-electron chi connectivity index (χ3n) is 3.27. The van der Waals surface area contributed by atoms with Crippen molar-refractivity contribution in [3.8, 4) is 0 Å². The van der Waals surface area contributed by atoms with Crippen LogP contribution in [0.5, 0.6) is 0 Å². The fraction of sp³-hybridized carbons (Fsp3) is 0.333. The second kappa shape index (κ2) is 6.85. The highest BCUT2D eigenvalue weighted by Gasteiger charge is 2.14. The summed E-state index contributed by atoms with van der Waals surface area (Å²) in [5.74, 6) is 0.763. The molecule has 118 valence electrons. The van der Waals surface area contributed by atoms with Crippen molar-refractivity contribution in [2.45, 2.75) is 19.2 Å². The van der Waals surface area contributed by atoms with Gasteiger partial charge in [0.1, 0.15) is 5.82 Å². The van der Waals surface area contributed by atoms with Crippen LogP contribution in [0.3, 0.4) is 0 Å². The molecule has 0 aliphatic heterocycles. The van der Waals surface area contributed by atoms with Crippen molar-refractivity contribution < 1.29 is 8.42 Å². The van der Waals surface area contributed by atoms with Gasteiger partial charge in [-0.05, 0) is 18.1 Å². The summed E-state index contributed by atoms with van der Waals surface area (Å²) in [7, 11) is -0.148. The number of aryl methyl sites for hydroxylation is 1. The first kappa shape index (κ1) is 16.4. The van der Waals surface area contributed by atoms with Gasteiger partial charge in [0.15, 0.2) is 0 Å². The van der Waals surface area contributed by atoms with Crippen molar-refractivity contribution in [1.29, 1.82) is 0 Å². The van der Waals surface area contributed by atoms with Crippen LogP contribution in [0.1, 0.15) is 16.8 Å². The number of sulfonamides is 1. The average molecular weight is 320 g/mol. The summed E-state index contributed by atoms with van der Waals surface area (Å²) >= 11 is 0. The normalized spacial score (nSPS) is 11.6. The highest BCUT2D eigenvalue weighted by atomic mass is 32.2. The third-order valence-corrected chi connectivity index (χ3v) is 5.08. The maximum Gasteiger partial charge on any atom is 0.217 e. The molecule has 0 saturated heterocycles. The van der Waals surface area contributed by atoms with Crippen molar-refractivity contribution in [3.05, 3.63) is 53.5 Å². The van der Waals surface area contributed by atoms with Crippen molar-refractivity contribution >= 4 is 15.8 Å². The van der Waals surface area contributed by atoms with E-state index in [0.29, 0.717) is 6.54 Å². The van der Waals surface area contributed by atoms with E-state index in [1.54, 1.807) is 12.4 Å².